The van der Waals surface area contributed by atoms with Crippen molar-refractivity contribution in [3.8, 4) is 0 Å². The molecule has 0 fully saturated rings. The second-order valence-corrected chi connectivity index (χ2v) is 3.81. The fraction of sp³-hybridized carbons (Fsp3) is 0.364. The van der Waals surface area contributed by atoms with Crippen LogP contribution in [0.1, 0.15) is 12.5 Å². The van der Waals surface area contributed by atoms with Crippen LogP contribution in [0.4, 0.5) is 23.7 Å². The van der Waals surface area contributed by atoms with Crippen LogP contribution in [0.25, 0.3) is 0 Å². The zero-order chi connectivity index (χ0) is 13.8. The summed E-state index contributed by atoms with van der Waals surface area (Å²) in [4.78, 5) is 11.4. The first-order chi connectivity index (χ1) is 8.32. The van der Waals surface area contributed by atoms with Crippen LogP contribution in [0, 0.1) is 0 Å². The number of carbonyl (C=O) groups excluding carboxylic acids is 1. The van der Waals surface area contributed by atoms with Crippen molar-refractivity contribution in [1.29, 1.82) is 0 Å². The summed E-state index contributed by atoms with van der Waals surface area (Å²) in [6, 6.07) is 3.56. The van der Waals surface area contributed by atoms with E-state index in [0.29, 0.717) is 0 Å². The molecular weight excluding hydrogens is 247 g/mol. The number of hydrogen-bond donors (Lipinski definition) is 3. The number of rotatable bonds is 3. The monoisotopic (exact) mass is 261 g/mol. The molecule has 1 atom stereocenters. The Labute approximate surface area is 102 Å². The number of halogens is 3. The minimum Gasteiger partial charge on any atom is -0.334 e. The van der Waals surface area contributed by atoms with Gasteiger partial charge >= 0.3 is 12.2 Å². The van der Waals surface area contributed by atoms with E-state index in [-0.39, 0.29) is 18.3 Å². The van der Waals surface area contributed by atoms with E-state index >= 15 is 0 Å². The van der Waals surface area contributed by atoms with E-state index < -0.39 is 17.8 Å². The van der Waals surface area contributed by atoms with Gasteiger partial charge in [0.2, 0.25) is 0 Å². The van der Waals surface area contributed by atoms with E-state index in [1.165, 1.54) is 12.1 Å². The maximum absolute atomic E-state index is 12.4. The average molecular weight is 261 g/mol. The highest BCUT2D eigenvalue weighted by atomic mass is 19.4. The predicted octanol–water partition coefficient (Wildman–Crippen LogP) is 2.17. The van der Waals surface area contributed by atoms with Crippen molar-refractivity contribution in [1.82, 2.24) is 5.32 Å². The topological polar surface area (TPSA) is 67.1 Å². The summed E-state index contributed by atoms with van der Waals surface area (Å²) in [7, 11) is 0. The van der Waals surface area contributed by atoms with Gasteiger partial charge in [0.05, 0.1) is 5.56 Å². The van der Waals surface area contributed by atoms with Gasteiger partial charge in [-0.1, -0.05) is 6.07 Å². The highest BCUT2D eigenvalue weighted by Crippen LogP contribution is 2.30. The second kappa shape index (κ2) is 5.72. The van der Waals surface area contributed by atoms with Crippen molar-refractivity contribution in [3.05, 3.63) is 29.8 Å². The molecule has 0 heterocycles. The first kappa shape index (κ1) is 14.3. The Morgan fingerprint density at radius 3 is 2.67 bits per heavy atom. The van der Waals surface area contributed by atoms with Crippen LogP contribution >= 0.6 is 0 Å². The molecule has 1 aromatic carbocycles. The van der Waals surface area contributed by atoms with Crippen molar-refractivity contribution < 1.29 is 18.0 Å². The fourth-order valence-electron chi connectivity index (χ4n) is 1.22. The molecule has 0 aromatic heterocycles. The van der Waals surface area contributed by atoms with Gasteiger partial charge in [-0.2, -0.15) is 13.2 Å². The molecule has 18 heavy (non-hydrogen) atoms. The molecule has 0 saturated carbocycles. The molecule has 2 amide bonds. The first-order valence-corrected chi connectivity index (χ1v) is 5.27. The summed E-state index contributed by atoms with van der Waals surface area (Å²) in [5, 5.41) is 4.79. The molecule has 7 heteroatoms. The SMILES string of the molecule is C[C@H](CN)NC(=O)Nc1cccc(C(F)(F)F)c1. The van der Waals surface area contributed by atoms with E-state index in [2.05, 4.69) is 10.6 Å². The molecular formula is C11H14F3N3O. The molecule has 0 aliphatic carbocycles. The van der Waals surface area contributed by atoms with Gasteiger partial charge in [-0.25, -0.2) is 4.79 Å². The lowest BCUT2D eigenvalue weighted by Crippen LogP contribution is -2.40. The molecule has 1 aromatic rings. The Hall–Kier alpha value is -1.76. The standard InChI is InChI=1S/C11H14F3N3O/c1-7(6-15)16-10(18)17-9-4-2-3-8(5-9)11(12,13)14/h2-5,7H,6,15H2,1H3,(H2,16,17,18)/t7-/m1/s1. The van der Waals surface area contributed by atoms with Crippen molar-refractivity contribution in [3.63, 3.8) is 0 Å². The summed E-state index contributed by atoms with van der Waals surface area (Å²) in [5.41, 5.74) is 4.57. The Morgan fingerprint density at radius 1 is 1.44 bits per heavy atom. The zero-order valence-corrected chi connectivity index (χ0v) is 9.71. The lowest BCUT2D eigenvalue weighted by atomic mass is 10.2. The van der Waals surface area contributed by atoms with Gasteiger partial charge in [-0.3, -0.25) is 0 Å². The van der Waals surface area contributed by atoms with E-state index in [0.717, 1.165) is 12.1 Å². The first-order valence-electron chi connectivity index (χ1n) is 5.27. The van der Waals surface area contributed by atoms with Crippen LogP contribution in [0.15, 0.2) is 24.3 Å². The third-order valence-electron chi connectivity index (χ3n) is 2.18. The quantitative estimate of drug-likeness (QED) is 0.780. The van der Waals surface area contributed by atoms with Crippen LogP contribution in [-0.4, -0.2) is 18.6 Å². The van der Waals surface area contributed by atoms with Gasteiger partial charge < -0.3 is 16.4 Å². The van der Waals surface area contributed by atoms with Crippen LogP contribution in [0.3, 0.4) is 0 Å². The van der Waals surface area contributed by atoms with Crippen LogP contribution in [0.5, 0.6) is 0 Å². The van der Waals surface area contributed by atoms with E-state index in [4.69, 9.17) is 5.73 Å². The average Bonchev–Trinajstić information content (AvgIpc) is 2.27. The maximum Gasteiger partial charge on any atom is 0.416 e. The maximum atomic E-state index is 12.4. The molecule has 0 aliphatic rings. The summed E-state index contributed by atoms with van der Waals surface area (Å²) in [6.45, 7) is 1.93. The van der Waals surface area contributed by atoms with Gasteiger partial charge in [0.1, 0.15) is 0 Å². The summed E-state index contributed by atoms with van der Waals surface area (Å²) >= 11 is 0. The zero-order valence-electron chi connectivity index (χ0n) is 9.71. The number of benzene rings is 1. The summed E-state index contributed by atoms with van der Waals surface area (Å²) in [5.74, 6) is 0. The van der Waals surface area contributed by atoms with Crippen molar-refractivity contribution in [2.24, 2.45) is 5.73 Å². The molecule has 4 nitrogen and oxygen atoms in total. The molecule has 1 rings (SSSR count). The number of nitrogens with two attached hydrogens (primary N) is 1. The molecule has 0 aliphatic heterocycles. The van der Waals surface area contributed by atoms with Crippen LogP contribution < -0.4 is 16.4 Å². The molecule has 100 valence electrons. The minimum atomic E-state index is -4.43. The Kier molecular flexibility index (Phi) is 4.55. The summed E-state index contributed by atoms with van der Waals surface area (Å²) < 4.78 is 37.3. The number of urea groups is 1. The largest absolute Gasteiger partial charge is 0.416 e. The number of amides is 2. The number of alkyl halides is 3. The third kappa shape index (κ3) is 4.25. The van der Waals surface area contributed by atoms with Gasteiger partial charge in [-0.05, 0) is 25.1 Å². The van der Waals surface area contributed by atoms with Crippen molar-refractivity contribution in [2.75, 3.05) is 11.9 Å². The molecule has 0 radical (unpaired) electrons. The smallest absolute Gasteiger partial charge is 0.334 e. The molecule has 0 spiro atoms. The Bertz CT molecular complexity index is 420. The normalized spacial score (nSPS) is 12.9. The molecule has 0 unspecified atom stereocenters. The van der Waals surface area contributed by atoms with E-state index in [9.17, 15) is 18.0 Å². The Balaban J connectivity index is 2.71. The number of carbonyl (C=O) groups is 1. The van der Waals surface area contributed by atoms with Crippen molar-refractivity contribution >= 4 is 11.7 Å². The predicted molar refractivity (Wildman–Crippen MR) is 62.1 cm³/mol. The minimum absolute atomic E-state index is 0.0755. The lowest BCUT2D eigenvalue weighted by Gasteiger charge is -2.13. The Morgan fingerprint density at radius 2 is 2.11 bits per heavy atom. The number of hydrogen-bond acceptors (Lipinski definition) is 2. The fourth-order valence-corrected chi connectivity index (χ4v) is 1.22. The van der Waals surface area contributed by atoms with Gasteiger partial charge in [-0.15, -0.1) is 0 Å². The van der Waals surface area contributed by atoms with E-state index in [1.54, 1.807) is 6.92 Å². The number of anilines is 1. The molecule has 4 N–H and O–H groups in total. The van der Waals surface area contributed by atoms with Crippen LogP contribution in [-0.2, 0) is 6.18 Å². The van der Waals surface area contributed by atoms with Gasteiger partial charge in [0.15, 0.2) is 0 Å². The molecule has 0 saturated heterocycles. The van der Waals surface area contributed by atoms with E-state index in [1.807, 2.05) is 0 Å². The van der Waals surface area contributed by atoms with Gasteiger partial charge in [0.25, 0.3) is 0 Å². The highest BCUT2D eigenvalue weighted by Gasteiger charge is 2.30. The molecule has 0 bridgehead atoms. The van der Waals surface area contributed by atoms with Gasteiger partial charge in [0, 0.05) is 18.3 Å². The van der Waals surface area contributed by atoms with Crippen LogP contribution in [0.2, 0.25) is 0 Å². The lowest BCUT2D eigenvalue weighted by molar-refractivity contribution is -0.137. The third-order valence-corrected chi connectivity index (χ3v) is 2.18. The highest BCUT2D eigenvalue weighted by molar-refractivity contribution is 5.89. The van der Waals surface area contributed by atoms with Crippen molar-refractivity contribution in [2.45, 2.75) is 19.1 Å². The summed E-state index contributed by atoms with van der Waals surface area (Å²) in [6.07, 6.45) is -4.43. The second-order valence-electron chi connectivity index (χ2n) is 3.81. The number of nitrogens with one attached hydrogen (secondary N) is 2.